The highest BCUT2D eigenvalue weighted by Crippen LogP contribution is 2.20. The molecule has 17 heavy (non-hydrogen) atoms. The molecule has 0 heterocycles. The van der Waals surface area contributed by atoms with Crippen molar-refractivity contribution in [2.24, 2.45) is 5.73 Å². The third-order valence-electron chi connectivity index (χ3n) is 3.05. The topological polar surface area (TPSA) is 55.1 Å². The maximum Gasteiger partial charge on any atom is 0.227 e. The van der Waals surface area contributed by atoms with E-state index < -0.39 is 0 Å². The van der Waals surface area contributed by atoms with E-state index in [1.165, 1.54) is 11.1 Å². The Bertz CT molecular complexity index is 445. The van der Waals surface area contributed by atoms with Gasteiger partial charge in [0.25, 0.3) is 0 Å². The van der Waals surface area contributed by atoms with E-state index in [4.69, 9.17) is 18.0 Å². The molecule has 1 amide bonds. The molecule has 0 aromatic heterocycles. The van der Waals surface area contributed by atoms with Crippen molar-refractivity contribution in [3.8, 4) is 0 Å². The van der Waals surface area contributed by atoms with E-state index in [2.05, 4.69) is 23.5 Å². The molecule has 3 nitrogen and oxygen atoms in total. The molecule has 0 saturated heterocycles. The molecule has 1 atom stereocenters. The predicted molar refractivity (Wildman–Crippen MR) is 71.8 cm³/mol. The molecule has 2 rings (SSSR count). The summed E-state index contributed by atoms with van der Waals surface area (Å²) in [5.41, 5.74) is 8.07. The Morgan fingerprint density at radius 2 is 2.12 bits per heavy atom. The van der Waals surface area contributed by atoms with Crippen molar-refractivity contribution in [2.75, 3.05) is 0 Å². The van der Waals surface area contributed by atoms with E-state index in [-0.39, 0.29) is 23.4 Å². The first-order valence-corrected chi connectivity index (χ1v) is 6.20. The van der Waals surface area contributed by atoms with Crippen LogP contribution in [0, 0.1) is 0 Å². The minimum Gasteiger partial charge on any atom is -0.393 e. The Hall–Kier alpha value is -1.42. The summed E-state index contributed by atoms with van der Waals surface area (Å²) in [5, 5.41) is 2.98. The van der Waals surface area contributed by atoms with Crippen LogP contribution in [0.15, 0.2) is 24.3 Å². The number of benzene rings is 1. The molecular formula is C13H16N2OS. The van der Waals surface area contributed by atoms with Gasteiger partial charge in [0, 0.05) is 6.04 Å². The second-order valence-electron chi connectivity index (χ2n) is 4.42. The normalized spacial score (nSPS) is 18.2. The van der Waals surface area contributed by atoms with Gasteiger partial charge in [0.05, 0.1) is 11.4 Å². The maximum absolute atomic E-state index is 11.6. The van der Waals surface area contributed by atoms with Gasteiger partial charge in [0.15, 0.2) is 0 Å². The Morgan fingerprint density at radius 1 is 1.41 bits per heavy atom. The summed E-state index contributed by atoms with van der Waals surface area (Å²) in [6, 6.07) is 8.60. The average molecular weight is 248 g/mol. The number of nitrogens with one attached hydrogen (secondary N) is 1. The minimum atomic E-state index is -0.0677. The van der Waals surface area contributed by atoms with Crippen LogP contribution >= 0.6 is 12.2 Å². The lowest BCUT2D eigenvalue weighted by molar-refractivity contribution is -0.120. The number of fused-ring (bicyclic) bond motifs is 1. The summed E-state index contributed by atoms with van der Waals surface area (Å²) in [5.74, 6) is -0.0677. The van der Waals surface area contributed by atoms with Gasteiger partial charge in [-0.1, -0.05) is 36.5 Å². The Balaban J connectivity index is 1.94. The lowest BCUT2D eigenvalue weighted by Crippen LogP contribution is -2.40. The van der Waals surface area contributed by atoms with Gasteiger partial charge in [0.2, 0.25) is 5.91 Å². The second-order valence-corrected chi connectivity index (χ2v) is 4.94. The van der Waals surface area contributed by atoms with Crippen LogP contribution in [-0.4, -0.2) is 16.9 Å². The van der Waals surface area contributed by atoms with E-state index in [1.807, 2.05) is 6.07 Å². The largest absolute Gasteiger partial charge is 0.393 e. The molecule has 4 heteroatoms. The maximum atomic E-state index is 11.6. The van der Waals surface area contributed by atoms with Crippen LogP contribution < -0.4 is 11.1 Å². The highest BCUT2D eigenvalue weighted by Gasteiger charge is 2.19. The highest BCUT2D eigenvalue weighted by molar-refractivity contribution is 7.80. The Kier molecular flexibility index (Phi) is 3.74. The van der Waals surface area contributed by atoms with E-state index >= 15 is 0 Å². The zero-order chi connectivity index (χ0) is 12.3. The van der Waals surface area contributed by atoms with Gasteiger partial charge in [-0.3, -0.25) is 4.79 Å². The van der Waals surface area contributed by atoms with Crippen molar-refractivity contribution in [3.05, 3.63) is 35.4 Å². The molecule has 1 aromatic carbocycles. The number of hydrogen-bond donors (Lipinski definition) is 2. The number of carbonyl (C=O) groups excluding carboxylic acids is 1. The molecule has 0 aliphatic heterocycles. The third-order valence-corrected chi connectivity index (χ3v) is 3.19. The fraction of sp³-hybridized carbons (Fsp3) is 0.385. The van der Waals surface area contributed by atoms with Crippen molar-refractivity contribution in [2.45, 2.75) is 31.7 Å². The number of amides is 1. The number of thiocarbonyl (C=S) groups is 1. The molecular weight excluding hydrogens is 232 g/mol. The van der Waals surface area contributed by atoms with Crippen molar-refractivity contribution in [1.82, 2.24) is 5.32 Å². The van der Waals surface area contributed by atoms with Crippen LogP contribution in [-0.2, 0) is 17.6 Å². The molecule has 3 N–H and O–H groups in total. The molecule has 1 aliphatic carbocycles. The summed E-state index contributed by atoms with van der Waals surface area (Å²) in [6.07, 6.45) is 3.06. The van der Waals surface area contributed by atoms with E-state index in [1.54, 1.807) is 0 Å². The van der Waals surface area contributed by atoms with Gasteiger partial charge in [-0.25, -0.2) is 0 Å². The molecule has 1 unspecified atom stereocenters. The SMILES string of the molecule is NC(=S)CC(=O)NC1CCc2ccccc2C1. The van der Waals surface area contributed by atoms with Crippen LogP contribution in [0.4, 0.5) is 0 Å². The fourth-order valence-electron chi connectivity index (χ4n) is 2.26. The highest BCUT2D eigenvalue weighted by atomic mass is 32.1. The van der Waals surface area contributed by atoms with Gasteiger partial charge in [-0.15, -0.1) is 0 Å². The van der Waals surface area contributed by atoms with Gasteiger partial charge in [0.1, 0.15) is 0 Å². The molecule has 1 aliphatic rings. The van der Waals surface area contributed by atoms with Gasteiger partial charge >= 0.3 is 0 Å². The third kappa shape index (κ3) is 3.27. The van der Waals surface area contributed by atoms with Crippen molar-refractivity contribution in [1.29, 1.82) is 0 Å². The number of carbonyl (C=O) groups is 1. The second kappa shape index (κ2) is 5.27. The van der Waals surface area contributed by atoms with Crippen LogP contribution in [0.2, 0.25) is 0 Å². The van der Waals surface area contributed by atoms with E-state index in [9.17, 15) is 4.79 Å². The number of aryl methyl sites for hydroxylation is 1. The van der Waals surface area contributed by atoms with Crippen LogP contribution in [0.3, 0.4) is 0 Å². The zero-order valence-electron chi connectivity index (χ0n) is 9.61. The summed E-state index contributed by atoms with van der Waals surface area (Å²) < 4.78 is 0. The van der Waals surface area contributed by atoms with Crippen LogP contribution in [0.25, 0.3) is 0 Å². The molecule has 0 bridgehead atoms. The van der Waals surface area contributed by atoms with E-state index in [0.717, 1.165) is 19.3 Å². The molecule has 0 radical (unpaired) electrons. The number of rotatable bonds is 3. The fourth-order valence-corrected chi connectivity index (χ4v) is 2.39. The number of hydrogen-bond acceptors (Lipinski definition) is 2. The lowest BCUT2D eigenvalue weighted by atomic mass is 9.88. The molecule has 0 saturated carbocycles. The number of nitrogens with two attached hydrogens (primary N) is 1. The van der Waals surface area contributed by atoms with Crippen molar-refractivity contribution in [3.63, 3.8) is 0 Å². The molecule has 0 spiro atoms. The van der Waals surface area contributed by atoms with Gasteiger partial charge in [-0.2, -0.15) is 0 Å². The van der Waals surface area contributed by atoms with Crippen molar-refractivity contribution < 1.29 is 4.79 Å². The Morgan fingerprint density at radius 3 is 2.82 bits per heavy atom. The summed E-state index contributed by atoms with van der Waals surface area (Å²) in [4.78, 5) is 11.8. The minimum absolute atomic E-state index is 0.0677. The molecule has 90 valence electrons. The quantitative estimate of drug-likeness (QED) is 0.794. The predicted octanol–water partition coefficient (Wildman–Crippen LogP) is 1.34. The first-order valence-electron chi connectivity index (χ1n) is 5.79. The summed E-state index contributed by atoms with van der Waals surface area (Å²) in [7, 11) is 0. The van der Waals surface area contributed by atoms with Crippen LogP contribution in [0.5, 0.6) is 0 Å². The summed E-state index contributed by atoms with van der Waals surface area (Å²) in [6.45, 7) is 0. The van der Waals surface area contributed by atoms with Gasteiger partial charge < -0.3 is 11.1 Å². The van der Waals surface area contributed by atoms with Crippen molar-refractivity contribution >= 4 is 23.1 Å². The molecule has 0 fully saturated rings. The average Bonchev–Trinajstić information content (AvgIpc) is 2.27. The summed E-state index contributed by atoms with van der Waals surface area (Å²) >= 11 is 4.72. The smallest absolute Gasteiger partial charge is 0.227 e. The van der Waals surface area contributed by atoms with E-state index in [0.29, 0.717) is 0 Å². The van der Waals surface area contributed by atoms with Gasteiger partial charge in [-0.05, 0) is 30.4 Å². The first kappa shape index (κ1) is 12.0. The van der Waals surface area contributed by atoms with Crippen LogP contribution in [0.1, 0.15) is 24.0 Å². The first-order chi connectivity index (χ1) is 8.15. The zero-order valence-corrected chi connectivity index (χ0v) is 10.4. The standard InChI is InChI=1S/C13H16N2OS/c14-12(17)8-13(16)15-11-6-5-9-3-1-2-4-10(9)7-11/h1-4,11H,5-8H2,(H2,14,17)(H,15,16). The molecule has 1 aromatic rings. The lowest BCUT2D eigenvalue weighted by Gasteiger charge is -2.25. The Labute approximate surface area is 106 Å². The monoisotopic (exact) mass is 248 g/mol.